The molecule has 1 amide bonds. The predicted molar refractivity (Wildman–Crippen MR) is 109 cm³/mol. The molecule has 1 unspecified atom stereocenters. The topological polar surface area (TPSA) is 35.6 Å². The maximum Gasteiger partial charge on any atom is 0.240 e. The molecule has 142 valence electrons. The average Bonchev–Trinajstić information content (AvgIpc) is 3.12. The average molecular weight is 386 g/mol. The van der Waals surface area contributed by atoms with Gasteiger partial charge in [0.2, 0.25) is 5.91 Å². The van der Waals surface area contributed by atoms with Gasteiger partial charge in [-0.1, -0.05) is 12.1 Å². The van der Waals surface area contributed by atoms with Crippen LogP contribution in [0.25, 0.3) is 0 Å². The highest BCUT2D eigenvalue weighted by Gasteiger charge is 2.29. The van der Waals surface area contributed by atoms with Crippen molar-refractivity contribution in [2.75, 3.05) is 33.2 Å². The molecule has 2 heterocycles. The van der Waals surface area contributed by atoms with E-state index in [1.54, 1.807) is 11.3 Å². The highest BCUT2D eigenvalue weighted by atomic mass is 35.5. The number of rotatable bonds is 9. The second-order valence-corrected chi connectivity index (χ2v) is 7.67. The fraction of sp³-hybridized carbons (Fsp3) is 0.632. The van der Waals surface area contributed by atoms with Crippen LogP contribution in [0.5, 0.6) is 0 Å². The van der Waals surface area contributed by atoms with Gasteiger partial charge in [-0.15, -0.1) is 30.3 Å². The molecule has 25 heavy (non-hydrogen) atoms. The van der Waals surface area contributed by atoms with E-state index in [9.17, 15) is 4.79 Å². The zero-order valence-electron chi connectivity index (χ0n) is 15.4. The summed E-state index contributed by atoms with van der Waals surface area (Å²) in [6, 6.07) is 4.08. The van der Waals surface area contributed by atoms with Crippen LogP contribution >= 0.6 is 23.7 Å². The molecule has 1 fully saturated rings. The van der Waals surface area contributed by atoms with Gasteiger partial charge in [-0.05, 0) is 70.2 Å². The van der Waals surface area contributed by atoms with Gasteiger partial charge in [0.1, 0.15) is 0 Å². The SMILES string of the molecule is C=CCN(Cc1cccs1)C(=O)C(C)N1CCC(CCNC)CC1.Cl. The second-order valence-electron chi connectivity index (χ2n) is 6.63. The molecule has 0 radical (unpaired) electrons. The van der Waals surface area contributed by atoms with Crippen molar-refractivity contribution in [3.05, 3.63) is 35.0 Å². The summed E-state index contributed by atoms with van der Waals surface area (Å²) in [5.41, 5.74) is 0. The Kier molecular flexibility index (Phi) is 10.4. The second kappa shape index (κ2) is 11.7. The van der Waals surface area contributed by atoms with Crippen molar-refractivity contribution in [3.8, 4) is 0 Å². The third kappa shape index (κ3) is 6.74. The molecule has 1 atom stereocenters. The van der Waals surface area contributed by atoms with E-state index in [1.807, 2.05) is 24.1 Å². The van der Waals surface area contributed by atoms with Crippen molar-refractivity contribution >= 4 is 29.7 Å². The summed E-state index contributed by atoms with van der Waals surface area (Å²) in [5, 5.41) is 5.30. The van der Waals surface area contributed by atoms with Crippen LogP contribution in [0.4, 0.5) is 0 Å². The van der Waals surface area contributed by atoms with Crippen LogP contribution < -0.4 is 5.32 Å². The minimum atomic E-state index is -0.0461. The van der Waals surface area contributed by atoms with Gasteiger partial charge in [-0.25, -0.2) is 0 Å². The number of hydrogen-bond donors (Lipinski definition) is 1. The Balaban J connectivity index is 0.00000312. The number of nitrogens with one attached hydrogen (secondary N) is 1. The number of likely N-dealkylation sites (tertiary alicyclic amines) is 1. The molecule has 1 aliphatic heterocycles. The Morgan fingerprint density at radius 2 is 2.24 bits per heavy atom. The number of amides is 1. The molecule has 0 spiro atoms. The summed E-state index contributed by atoms with van der Waals surface area (Å²) in [6.45, 7) is 10.3. The lowest BCUT2D eigenvalue weighted by Gasteiger charge is -2.37. The minimum Gasteiger partial charge on any atom is -0.332 e. The first-order valence-electron chi connectivity index (χ1n) is 8.96. The van der Waals surface area contributed by atoms with Gasteiger partial charge in [0, 0.05) is 11.4 Å². The standard InChI is InChI=1S/C19H31N3OS.ClH/c1-4-11-22(15-18-6-5-14-24-18)19(23)16(2)21-12-8-17(9-13-21)7-10-20-3;/h4-6,14,16-17,20H,1,7-13,15H2,2-3H3;1H. The molecule has 0 aromatic carbocycles. The van der Waals surface area contributed by atoms with E-state index in [-0.39, 0.29) is 24.4 Å². The van der Waals surface area contributed by atoms with Crippen LogP contribution in [0.15, 0.2) is 30.2 Å². The lowest BCUT2D eigenvalue weighted by atomic mass is 9.92. The molecular formula is C19H32ClN3OS. The first-order chi connectivity index (χ1) is 11.7. The Hall–Kier alpha value is -0.880. The number of carbonyl (C=O) groups is 1. The Bertz CT molecular complexity index is 501. The maximum atomic E-state index is 12.9. The van der Waals surface area contributed by atoms with Crippen molar-refractivity contribution in [2.24, 2.45) is 5.92 Å². The van der Waals surface area contributed by atoms with E-state index >= 15 is 0 Å². The monoisotopic (exact) mass is 385 g/mol. The summed E-state index contributed by atoms with van der Waals surface area (Å²) < 4.78 is 0. The molecule has 6 heteroatoms. The van der Waals surface area contributed by atoms with Crippen molar-refractivity contribution in [3.63, 3.8) is 0 Å². The quantitative estimate of drug-likeness (QED) is 0.662. The van der Waals surface area contributed by atoms with Gasteiger partial charge in [0.25, 0.3) is 0 Å². The number of thiophene rings is 1. The summed E-state index contributed by atoms with van der Waals surface area (Å²) in [5.74, 6) is 1.02. The minimum absolute atomic E-state index is 0. The van der Waals surface area contributed by atoms with E-state index < -0.39 is 0 Å². The highest BCUT2D eigenvalue weighted by Crippen LogP contribution is 2.22. The normalized spacial score (nSPS) is 16.9. The molecular weight excluding hydrogens is 354 g/mol. The third-order valence-corrected chi connectivity index (χ3v) is 5.81. The van der Waals surface area contributed by atoms with Gasteiger partial charge in [0.15, 0.2) is 0 Å². The van der Waals surface area contributed by atoms with Crippen LogP contribution in [0.3, 0.4) is 0 Å². The van der Waals surface area contributed by atoms with Crippen molar-refractivity contribution in [2.45, 2.75) is 38.8 Å². The van der Waals surface area contributed by atoms with E-state index in [4.69, 9.17) is 0 Å². The van der Waals surface area contributed by atoms with Gasteiger partial charge >= 0.3 is 0 Å². The first kappa shape index (κ1) is 22.2. The lowest BCUT2D eigenvalue weighted by Crippen LogP contribution is -2.49. The number of hydrogen-bond acceptors (Lipinski definition) is 4. The van der Waals surface area contributed by atoms with Crippen LogP contribution in [-0.4, -0.2) is 55.0 Å². The molecule has 4 nitrogen and oxygen atoms in total. The molecule has 0 saturated carbocycles. The fourth-order valence-electron chi connectivity index (χ4n) is 3.38. The van der Waals surface area contributed by atoms with Crippen molar-refractivity contribution in [1.82, 2.24) is 15.1 Å². The Labute approximate surface area is 162 Å². The van der Waals surface area contributed by atoms with E-state index in [0.717, 1.165) is 25.6 Å². The van der Waals surface area contributed by atoms with E-state index in [2.05, 4.69) is 35.2 Å². The molecule has 1 N–H and O–H groups in total. The number of halogens is 1. The van der Waals surface area contributed by atoms with Gasteiger partial charge in [-0.2, -0.15) is 0 Å². The Morgan fingerprint density at radius 1 is 1.52 bits per heavy atom. The van der Waals surface area contributed by atoms with Gasteiger partial charge in [0.05, 0.1) is 12.6 Å². The number of piperidine rings is 1. The van der Waals surface area contributed by atoms with E-state index in [1.165, 1.54) is 24.1 Å². The summed E-state index contributed by atoms with van der Waals surface area (Å²) in [6.07, 6.45) is 5.47. The molecule has 1 aromatic heterocycles. The predicted octanol–water partition coefficient (Wildman–Crippen LogP) is 3.39. The zero-order chi connectivity index (χ0) is 17.4. The molecule has 0 aliphatic carbocycles. The highest BCUT2D eigenvalue weighted by molar-refractivity contribution is 7.09. The smallest absolute Gasteiger partial charge is 0.240 e. The van der Waals surface area contributed by atoms with Crippen LogP contribution in [-0.2, 0) is 11.3 Å². The summed E-state index contributed by atoms with van der Waals surface area (Å²) in [7, 11) is 2.01. The first-order valence-corrected chi connectivity index (χ1v) is 9.84. The van der Waals surface area contributed by atoms with Crippen LogP contribution in [0.2, 0.25) is 0 Å². The number of nitrogens with zero attached hydrogens (tertiary/aromatic N) is 2. The molecule has 1 aromatic rings. The molecule has 1 aliphatic rings. The van der Waals surface area contributed by atoms with Crippen molar-refractivity contribution in [1.29, 1.82) is 0 Å². The van der Waals surface area contributed by atoms with Gasteiger partial charge < -0.3 is 10.2 Å². The fourth-order valence-corrected chi connectivity index (χ4v) is 4.10. The van der Waals surface area contributed by atoms with Crippen molar-refractivity contribution < 1.29 is 4.79 Å². The van der Waals surface area contributed by atoms with Crippen LogP contribution in [0, 0.1) is 5.92 Å². The van der Waals surface area contributed by atoms with E-state index in [0.29, 0.717) is 13.1 Å². The molecule has 1 saturated heterocycles. The maximum absolute atomic E-state index is 12.9. The zero-order valence-corrected chi connectivity index (χ0v) is 17.1. The number of carbonyl (C=O) groups excluding carboxylic acids is 1. The third-order valence-electron chi connectivity index (χ3n) is 4.94. The lowest BCUT2D eigenvalue weighted by molar-refractivity contribution is -0.137. The summed E-state index contributed by atoms with van der Waals surface area (Å²) >= 11 is 1.70. The van der Waals surface area contributed by atoms with Gasteiger partial charge in [-0.3, -0.25) is 9.69 Å². The Morgan fingerprint density at radius 3 is 2.80 bits per heavy atom. The largest absolute Gasteiger partial charge is 0.332 e. The van der Waals surface area contributed by atoms with Crippen LogP contribution in [0.1, 0.15) is 31.1 Å². The molecule has 0 bridgehead atoms. The summed E-state index contributed by atoms with van der Waals surface area (Å²) in [4.78, 5) is 18.4. The molecule has 2 rings (SSSR count).